The molecule has 0 N–H and O–H groups in total. The van der Waals surface area contributed by atoms with Crippen molar-refractivity contribution in [2.45, 2.75) is 19.8 Å². The molecule has 2 aliphatic heterocycles. The summed E-state index contributed by atoms with van der Waals surface area (Å²) in [4.78, 5) is 23.8. The van der Waals surface area contributed by atoms with Gasteiger partial charge in [-0.3, -0.25) is 4.79 Å². The Morgan fingerprint density at radius 1 is 0.966 bits per heavy atom. The van der Waals surface area contributed by atoms with Crippen LogP contribution in [0.3, 0.4) is 0 Å². The molecule has 2 aromatic rings. The molecular weight excluding hydrogens is 364 g/mol. The van der Waals surface area contributed by atoms with E-state index >= 15 is 0 Å². The van der Waals surface area contributed by atoms with E-state index in [1.165, 1.54) is 0 Å². The highest BCUT2D eigenvalue weighted by atomic mass is 16.5. The summed E-state index contributed by atoms with van der Waals surface area (Å²) in [5, 5.41) is 0. The minimum absolute atomic E-state index is 0.0597. The van der Waals surface area contributed by atoms with Gasteiger partial charge in [0.2, 0.25) is 0 Å². The average Bonchev–Trinajstić information content (AvgIpc) is 2.79. The van der Waals surface area contributed by atoms with Gasteiger partial charge in [0, 0.05) is 39.3 Å². The van der Waals surface area contributed by atoms with Crippen LogP contribution in [0.15, 0.2) is 42.6 Å². The first-order valence-electron chi connectivity index (χ1n) is 10.5. The van der Waals surface area contributed by atoms with Crippen LogP contribution in [0.1, 0.15) is 30.3 Å². The zero-order chi connectivity index (χ0) is 20.2. The lowest BCUT2D eigenvalue weighted by atomic mass is 9.99. The molecule has 0 aliphatic carbocycles. The number of hydrogen-bond donors (Lipinski definition) is 0. The Morgan fingerprint density at radius 2 is 1.66 bits per heavy atom. The number of para-hydroxylation sites is 2. The van der Waals surface area contributed by atoms with Crippen LogP contribution in [0, 0.1) is 5.92 Å². The van der Waals surface area contributed by atoms with E-state index in [4.69, 9.17) is 4.74 Å². The van der Waals surface area contributed by atoms with Gasteiger partial charge in [0.05, 0.1) is 24.7 Å². The molecule has 0 radical (unpaired) electrons. The third kappa shape index (κ3) is 4.31. The molecule has 0 spiro atoms. The lowest BCUT2D eigenvalue weighted by Gasteiger charge is -2.37. The van der Waals surface area contributed by atoms with Gasteiger partial charge < -0.3 is 19.4 Å². The number of piperidine rings is 1. The molecule has 1 aromatic heterocycles. The summed E-state index contributed by atoms with van der Waals surface area (Å²) < 4.78 is 5.50. The highest BCUT2D eigenvalue weighted by Gasteiger charge is 2.23. The second kappa shape index (κ2) is 8.72. The molecule has 1 aromatic carbocycles. The Morgan fingerprint density at radius 3 is 2.31 bits per heavy atom. The van der Waals surface area contributed by atoms with Crippen molar-refractivity contribution in [3.63, 3.8) is 0 Å². The van der Waals surface area contributed by atoms with Gasteiger partial charge in [0.15, 0.2) is 0 Å². The number of anilines is 2. The predicted octanol–water partition coefficient (Wildman–Crippen LogP) is 3.29. The number of methoxy groups -OCH3 is 1. The number of carbonyl (C=O) groups excluding carboxylic acids is 1. The number of amides is 1. The second-order valence-corrected chi connectivity index (χ2v) is 8.02. The summed E-state index contributed by atoms with van der Waals surface area (Å²) in [6.07, 6.45) is 4.01. The minimum Gasteiger partial charge on any atom is -0.495 e. The zero-order valence-electron chi connectivity index (χ0n) is 17.4. The van der Waals surface area contributed by atoms with E-state index in [0.29, 0.717) is 11.6 Å². The van der Waals surface area contributed by atoms with E-state index in [1.807, 2.05) is 41.4 Å². The van der Waals surface area contributed by atoms with E-state index in [1.54, 1.807) is 7.11 Å². The number of ether oxygens (including phenoxy) is 1. The number of aromatic nitrogens is 1. The molecule has 2 fully saturated rings. The van der Waals surface area contributed by atoms with Gasteiger partial charge in [-0.25, -0.2) is 4.98 Å². The van der Waals surface area contributed by atoms with Crippen LogP contribution in [-0.2, 0) is 0 Å². The molecule has 0 bridgehead atoms. The number of carbonyl (C=O) groups is 1. The number of benzene rings is 1. The molecule has 3 heterocycles. The van der Waals surface area contributed by atoms with E-state index in [-0.39, 0.29) is 5.91 Å². The first-order chi connectivity index (χ1) is 14.2. The van der Waals surface area contributed by atoms with Gasteiger partial charge in [0.25, 0.3) is 5.91 Å². The van der Waals surface area contributed by atoms with E-state index in [2.05, 4.69) is 27.8 Å². The molecule has 6 nitrogen and oxygen atoms in total. The van der Waals surface area contributed by atoms with Gasteiger partial charge in [0.1, 0.15) is 11.4 Å². The number of rotatable bonds is 4. The Hall–Kier alpha value is -2.76. The number of nitrogens with zero attached hydrogens (tertiary/aromatic N) is 4. The summed E-state index contributed by atoms with van der Waals surface area (Å²) in [6, 6.07) is 12.1. The van der Waals surface area contributed by atoms with E-state index < -0.39 is 0 Å². The summed E-state index contributed by atoms with van der Waals surface area (Å²) in [5.74, 6) is 1.69. The Balaban J connectivity index is 1.36. The maximum Gasteiger partial charge on any atom is 0.272 e. The van der Waals surface area contributed by atoms with Crippen molar-refractivity contribution >= 4 is 17.3 Å². The topological polar surface area (TPSA) is 48.9 Å². The Bertz CT molecular complexity index is 823. The zero-order valence-corrected chi connectivity index (χ0v) is 17.4. The molecule has 2 aliphatic rings. The average molecular weight is 395 g/mol. The number of likely N-dealkylation sites (tertiary alicyclic amines) is 1. The minimum atomic E-state index is 0.0597. The van der Waals surface area contributed by atoms with Gasteiger partial charge >= 0.3 is 0 Å². The molecule has 6 heteroatoms. The largest absolute Gasteiger partial charge is 0.495 e. The highest BCUT2D eigenvalue weighted by Crippen LogP contribution is 2.29. The van der Waals surface area contributed by atoms with Crippen LogP contribution in [0.2, 0.25) is 0 Å². The molecule has 1 amide bonds. The molecule has 29 heavy (non-hydrogen) atoms. The van der Waals surface area contributed by atoms with Crippen LogP contribution in [-0.4, -0.2) is 62.2 Å². The molecular formula is C23H30N4O2. The quantitative estimate of drug-likeness (QED) is 0.796. The first kappa shape index (κ1) is 19.6. The molecule has 0 atom stereocenters. The van der Waals surface area contributed by atoms with Crippen LogP contribution in [0.5, 0.6) is 5.75 Å². The molecule has 0 saturated carbocycles. The monoisotopic (exact) mass is 394 g/mol. The SMILES string of the molecule is COc1ccccc1N1CCN(c2ccc(C(=O)N3CCC(C)CC3)nc2)CC1. The number of pyridine rings is 1. The molecule has 4 rings (SSSR count). The van der Waals surface area contributed by atoms with Crippen LogP contribution >= 0.6 is 0 Å². The second-order valence-electron chi connectivity index (χ2n) is 8.02. The fraction of sp³-hybridized carbons (Fsp3) is 0.478. The van der Waals surface area contributed by atoms with E-state index in [0.717, 1.165) is 69.2 Å². The van der Waals surface area contributed by atoms with Crippen molar-refractivity contribution in [3.05, 3.63) is 48.3 Å². The van der Waals surface area contributed by atoms with Crippen molar-refractivity contribution in [1.29, 1.82) is 0 Å². The smallest absolute Gasteiger partial charge is 0.272 e. The van der Waals surface area contributed by atoms with Gasteiger partial charge in [-0.05, 0) is 43.0 Å². The van der Waals surface area contributed by atoms with Crippen LogP contribution in [0.25, 0.3) is 0 Å². The van der Waals surface area contributed by atoms with Crippen LogP contribution in [0.4, 0.5) is 11.4 Å². The lowest BCUT2D eigenvalue weighted by Crippen LogP contribution is -2.46. The lowest BCUT2D eigenvalue weighted by molar-refractivity contribution is 0.0691. The summed E-state index contributed by atoms with van der Waals surface area (Å²) in [7, 11) is 1.72. The van der Waals surface area contributed by atoms with Crippen molar-refractivity contribution in [2.75, 3.05) is 56.2 Å². The van der Waals surface area contributed by atoms with Crippen molar-refractivity contribution in [3.8, 4) is 5.75 Å². The third-order valence-corrected chi connectivity index (χ3v) is 6.11. The molecule has 0 unspecified atom stereocenters. The van der Waals surface area contributed by atoms with Crippen molar-refractivity contribution in [1.82, 2.24) is 9.88 Å². The Kier molecular flexibility index (Phi) is 5.88. The fourth-order valence-electron chi connectivity index (χ4n) is 4.17. The summed E-state index contributed by atoms with van der Waals surface area (Å²) >= 11 is 0. The van der Waals surface area contributed by atoms with Gasteiger partial charge in [-0.2, -0.15) is 0 Å². The Labute approximate surface area is 173 Å². The first-order valence-corrected chi connectivity index (χ1v) is 10.5. The highest BCUT2D eigenvalue weighted by molar-refractivity contribution is 5.92. The summed E-state index contributed by atoms with van der Waals surface area (Å²) in [6.45, 7) is 7.61. The van der Waals surface area contributed by atoms with Gasteiger partial charge in [-0.15, -0.1) is 0 Å². The normalized spacial score (nSPS) is 18.1. The molecule has 154 valence electrons. The summed E-state index contributed by atoms with van der Waals surface area (Å²) in [5.41, 5.74) is 2.77. The van der Waals surface area contributed by atoms with Crippen molar-refractivity contribution < 1.29 is 9.53 Å². The van der Waals surface area contributed by atoms with Crippen molar-refractivity contribution in [2.24, 2.45) is 5.92 Å². The number of hydrogen-bond acceptors (Lipinski definition) is 5. The fourth-order valence-corrected chi connectivity index (χ4v) is 4.17. The van der Waals surface area contributed by atoms with Gasteiger partial charge in [-0.1, -0.05) is 19.1 Å². The number of piperazine rings is 1. The maximum absolute atomic E-state index is 12.7. The standard InChI is InChI=1S/C23H30N4O2/c1-18-9-11-27(12-10-18)23(28)20-8-7-19(17-24-20)25-13-15-26(16-14-25)21-5-3-4-6-22(21)29-2/h3-8,17-18H,9-16H2,1-2H3. The molecule has 2 saturated heterocycles. The van der Waals surface area contributed by atoms with Crippen LogP contribution < -0.4 is 14.5 Å². The predicted molar refractivity (Wildman–Crippen MR) is 116 cm³/mol. The third-order valence-electron chi connectivity index (χ3n) is 6.11. The van der Waals surface area contributed by atoms with E-state index in [9.17, 15) is 4.79 Å². The maximum atomic E-state index is 12.7.